The molecule has 0 fully saturated rings. The number of hydrogen-bond donors (Lipinski definition) is 4. The first-order valence-electron chi connectivity index (χ1n) is 6.80. The zero-order chi connectivity index (χ0) is 17.4. The van der Waals surface area contributed by atoms with Crippen molar-refractivity contribution in [2.24, 2.45) is 10.2 Å². The van der Waals surface area contributed by atoms with Crippen LogP contribution in [0.5, 0.6) is 11.5 Å². The Morgan fingerprint density at radius 2 is 1.21 bits per heavy atom. The fourth-order valence-electron chi connectivity index (χ4n) is 1.68. The lowest BCUT2D eigenvalue weighted by molar-refractivity contribution is 0.0946. The molecule has 0 atom stereocenters. The van der Waals surface area contributed by atoms with Crippen LogP contribution in [-0.2, 0) is 0 Å². The van der Waals surface area contributed by atoms with Crippen LogP contribution in [0.1, 0.15) is 20.7 Å². The maximum atomic E-state index is 11.7. The van der Waals surface area contributed by atoms with Gasteiger partial charge in [0.2, 0.25) is 0 Å². The summed E-state index contributed by atoms with van der Waals surface area (Å²) in [4.78, 5) is 23.4. The van der Waals surface area contributed by atoms with E-state index in [1.165, 1.54) is 61.0 Å². The van der Waals surface area contributed by atoms with Crippen molar-refractivity contribution in [3.05, 3.63) is 59.7 Å². The second kappa shape index (κ2) is 8.08. The molecular formula is C16H14N4O4. The topological polar surface area (TPSA) is 123 Å². The van der Waals surface area contributed by atoms with E-state index < -0.39 is 11.8 Å². The summed E-state index contributed by atoms with van der Waals surface area (Å²) in [7, 11) is 0. The average Bonchev–Trinajstić information content (AvgIpc) is 2.57. The molecule has 8 nitrogen and oxygen atoms in total. The summed E-state index contributed by atoms with van der Waals surface area (Å²) in [6.07, 6.45) is 2.34. The quantitative estimate of drug-likeness (QED) is 0.487. The average molecular weight is 326 g/mol. The minimum Gasteiger partial charge on any atom is -0.508 e. The van der Waals surface area contributed by atoms with Crippen LogP contribution in [0.15, 0.2) is 58.7 Å². The first-order valence-corrected chi connectivity index (χ1v) is 6.80. The minimum absolute atomic E-state index is 0.0251. The van der Waals surface area contributed by atoms with Gasteiger partial charge in [-0.25, -0.2) is 10.9 Å². The number of nitrogens with one attached hydrogen (secondary N) is 2. The fourth-order valence-corrected chi connectivity index (χ4v) is 1.68. The van der Waals surface area contributed by atoms with E-state index in [1.54, 1.807) is 0 Å². The third-order valence-corrected chi connectivity index (χ3v) is 2.76. The van der Waals surface area contributed by atoms with E-state index in [1.807, 2.05) is 0 Å². The number of carbonyl (C=O) groups excluding carboxylic acids is 2. The molecule has 122 valence electrons. The number of benzene rings is 2. The Hall–Kier alpha value is -3.68. The van der Waals surface area contributed by atoms with E-state index in [2.05, 4.69) is 21.1 Å². The Bertz CT molecular complexity index is 735. The van der Waals surface area contributed by atoms with Gasteiger partial charge in [0.25, 0.3) is 11.8 Å². The Morgan fingerprint density at radius 3 is 1.58 bits per heavy atom. The molecular weight excluding hydrogens is 312 g/mol. The maximum absolute atomic E-state index is 11.7. The van der Waals surface area contributed by atoms with Crippen LogP contribution in [-0.4, -0.2) is 34.5 Å². The molecule has 0 radical (unpaired) electrons. The zero-order valence-corrected chi connectivity index (χ0v) is 12.4. The van der Waals surface area contributed by atoms with Gasteiger partial charge in [-0.2, -0.15) is 10.2 Å². The summed E-state index contributed by atoms with van der Waals surface area (Å²) in [6.45, 7) is 0. The molecule has 0 aliphatic rings. The molecule has 0 spiro atoms. The van der Waals surface area contributed by atoms with Crippen LogP contribution in [0.4, 0.5) is 0 Å². The molecule has 2 aromatic carbocycles. The predicted molar refractivity (Wildman–Crippen MR) is 88.1 cm³/mol. The minimum atomic E-state index is -0.501. The summed E-state index contributed by atoms with van der Waals surface area (Å²) < 4.78 is 0. The maximum Gasteiger partial charge on any atom is 0.271 e. The number of rotatable bonds is 5. The third kappa shape index (κ3) is 4.95. The SMILES string of the molecule is O=C(N/N=C/C=N/NC(=O)c1cccc(O)c1)c1cccc(O)c1. The van der Waals surface area contributed by atoms with Gasteiger partial charge in [0, 0.05) is 11.1 Å². The number of amides is 2. The summed E-state index contributed by atoms with van der Waals surface area (Å²) in [5.41, 5.74) is 4.97. The van der Waals surface area contributed by atoms with Crippen molar-refractivity contribution in [2.45, 2.75) is 0 Å². The van der Waals surface area contributed by atoms with E-state index in [0.29, 0.717) is 0 Å². The zero-order valence-electron chi connectivity index (χ0n) is 12.4. The first kappa shape index (κ1) is 16.7. The van der Waals surface area contributed by atoms with Crippen molar-refractivity contribution >= 4 is 24.2 Å². The summed E-state index contributed by atoms with van der Waals surface area (Å²) >= 11 is 0. The highest BCUT2D eigenvalue weighted by Crippen LogP contribution is 2.11. The fraction of sp³-hybridized carbons (Fsp3) is 0. The van der Waals surface area contributed by atoms with Crippen LogP contribution in [0.2, 0.25) is 0 Å². The smallest absolute Gasteiger partial charge is 0.271 e. The highest BCUT2D eigenvalue weighted by atomic mass is 16.3. The molecule has 24 heavy (non-hydrogen) atoms. The van der Waals surface area contributed by atoms with E-state index in [9.17, 15) is 19.8 Å². The van der Waals surface area contributed by atoms with E-state index in [4.69, 9.17) is 0 Å². The normalized spacial score (nSPS) is 10.8. The summed E-state index contributed by atoms with van der Waals surface area (Å²) in [5, 5.41) is 25.8. The predicted octanol–water partition coefficient (Wildman–Crippen LogP) is 1.23. The number of phenolic OH excluding ortho intramolecular Hbond substituents is 2. The molecule has 2 amide bonds. The van der Waals surface area contributed by atoms with Crippen LogP contribution < -0.4 is 10.9 Å². The van der Waals surface area contributed by atoms with Crippen molar-refractivity contribution in [2.75, 3.05) is 0 Å². The number of nitrogens with zero attached hydrogens (tertiary/aromatic N) is 2. The van der Waals surface area contributed by atoms with Gasteiger partial charge in [0.1, 0.15) is 11.5 Å². The number of carbonyl (C=O) groups is 2. The van der Waals surface area contributed by atoms with Gasteiger partial charge in [-0.3, -0.25) is 9.59 Å². The molecule has 0 aliphatic carbocycles. The van der Waals surface area contributed by atoms with Gasteiger partial charge in [-0.1, -0.05) is 12.1 Å². The molecule has 2 aromatic rings. The lowest BCUT2D eigenvalue weighted by atomic mass is 10.2. The van der Waals surface area contributed by atoms with Crippen molar-refractivity contribution in [1.82, 2.24) is 10.9 Å². The second-order valence-electron chi connectivity index (χ2n) is 4.54. The Kier molecular flexibility index (Phi) is 5.62. The van der Waals surface area contributed by atoms with E-state index >= 15 is 0 Å². The van der Waals surface area contributed by atoms with Crippen molar-refractivity contribution in [3.63, 3.8) is 0 Å². The Morgan fingerprint density at radius 1 is 0.792 bits per heavy atom. The molecule has 0 unspecified atom stereocenters. The molecule has 0 saturated carbocycles. The number of aromatic hydroxyl groups is 2. The highest BCUT2D eigenvalue weighted by Gasteiger charge is 2.04. The van der Waals surface area contributed by atoms with Gasteiger partial charge in [0.05, 0.1) is 12.4 Å². The molecule has 4 N–H and O–H groups in total. The summed E-state index contributed by atoms with van der Waals surface area (Å²) in [6, 6.07) is 11.6. The van der Waals surface area contributed by atoms with Crippen LogP contribution in [0.25, 0.3) is 0 Å². The Labute approximate surface area is 137 Å². The standard InChI is InChI=1S/C16H14N4O4/c21-13-5-1-3-11(9-13)15(23)19-17-7-8-18-20-16(24)12-4-2-6-14(22)10-12/h1-10,21-22H,(H,19,23)(H,20,24)/b17-7+,18-8+. The molecule has 0 heterocycles. The van der Waals surface area contributed by atoms with E-state index in [-0.39, 0.29) is 22.6 Å². The number of hydrogen-bond acceptors (Lipinski definition) is 6. The van der Waals surface area contributed by atoms with Crippen LogP contribution in [0, 0.1) is 0 Å². The molecule has 8 heteroatoms. The largest absolute Gasteiger partial charge is 0.508 e. The molecule has 0 bridgehead atoms. The first-order chi connectivity index (χ1) is 11.6. The van der Waals surface area contributed by atoms with Gasteiger partial charge in [0.15, 0.2) is 0 Å². The van der Waals surface area contributed by atoms with Crippen LogP contribution >= 0.6 is 0 Å². The monoisotopic (exact) mass is 326 g/mol. The van der Waals surface area contributed by atoms with Crippen molar-refractivity contribution < 1.29 is 19.8 Å². The summed E-state index contributed by atoms with van der Waals surface area (Å²) in [5.74, 6) is -1.05. The van der Waals surface area contributed by atoms with Crippen molar-refractivity contribution in [1.29, 1.82) is 0 Å². The lowest BCUT2D eigenvalue weighted by Gasteiger charge is -2.00. The van der Waals surface area contributed by atoms with Gasteiger partial charge in [-0.15, -0.1) is 0 Å². The number of phenols is 2. The van der Waals surface area contributed by atoms with Crippen molar-refractivity contribution in [3.8, 4) is 11.5 Å². The Balaban J connectivity index is 1.80. The third-order valence-electron chi connectivity index (χ3n) is 2.76. The van der Waals surface area contributed by atoms with E-state index in [0.717, 1.165) is 0 Å². The molecule has 0 aliphatic heterocycles. The second-order valence-corrected chi connectivity index (χ2v) is 4.54. The van der Waals surface area contributed by atoms with Gasteiger partial charge < -0.3 is 10.2 Å². The number of hydrazone groups is 2. The lowest BCUT2D eigenvalue weighted by Crippen LogP contribution is -2.18. The van der Waals surface area contributed by atoms with Gasteiger partial charge >= 0.3 is 0 Å². The van der Waals surface area contributed by atoms with Gasteiger partial charge in [-0.05, 0) is 36.4 Å². The molecule has 0 saturated heterocycles. The highest BCUT2D eigenvalue weighted by molar-refractivity contribution is 6.16. The molecule has 2 rings (SSSR count). The molecule has 0 aromatic heterocycles. The van der Waals surface area contributed by atoms with Crippen LogP contribution in [0.3, 0.4) is 0 Å².